The minimum absolute atomic E-state index is 0.0238. The van der Waals surface area contributed by atoms with E-state index in [9.17, 15) is 9.59 Å². The van der Waals surface area contributed by atoms with E-state index in [1.807, 2.05) is 13.8 Å². The Balaban J connectivity index is 2.90. The van der Waals surface area contributed by atoms with E-state index in [4.69, 9.17) is 0 Å². The average Bonchev–Trinajstić information content (AvgIpc) is 2.30. The molecule has 4 nitrogen and oxygen atoms in total. The molecule has 1 heterocycles. The highest BCUT2D eigenvalue weighted by atomic mass is 16.2. The van der Waals surface area contributed by atoms with Gasteiger partial charge in [-0.2, -0.15) is 0 Å². The van der Waals surface area contributed by atoms with Crippen molar-refractivity contribution < 1.29 is 9.59 Å². The molecule has 0 aromatic heterocycles. The highest BCUT2D eigenvalue weighted by Gasteiger charge is 2.41. The molecule has 1 rings (SSSR count). The summed E-state index contributed by atoms with van der Waals surface area (Å²) in [5.74, 6) is 0.526. The molecule has 19 heavy (non-hydrogen) atoms. The van der Waals surface area contributed by atoms with E-state index in [-0.39, 0.29) is 29.8 Å². The Bertz CT molecular complexity index is 350. The second-order valence-corrected chi connectivity index (χ2v) is 5.99. The Morgan fingerprint density at radius 1 is 1.32 bits per heavy atom. The SMILES string of the molecule is C=CCCN1C(=O)C(CC(C)C)NC(=O)C1C(C)C. The zero-order valence-electron chi connectivity index (χ0n) is 12.5. The van der Waals surface area contributed by atoms with Crippen LogP contribution >= 0.6 is 0 Å². The quantitative estimate of drug-likeness (QED) is 0.747. The number of amides is 2. The molecule has 1 aliphatic heterocycles. The summed E-state index contributed by atoms with van der Waals surface area (Å²) >= 11 is 0. The zero-order valence-corrected chi connectivity index (χ0v) is 12.5. The monoisotopic (exact) mass is 266 g/mol. The molecular formula is C15H26N2O2. The largest absolute Gasteiger partial charge is 0.342 e. The summed E-state index contributed by atoms with van der Waals surface area (Å²) in [5.41, 5.74) is 0. The van der Waals surface area contributed by atoms with Gasteiger partial charge < -0.3 is 10.2 Å². The van der Waals surface area contributed by atoms with Gasteiger partial charge in [-0.05, 0) is 24.7 Å². The number of piperazine rings is 1. The highest BCUT2D eigenvalue weighted by molar-refractivity contribution is 5.97. The molecule has 0 radical (unpaired) electrons. The third-order valence-electron chi connectivity index (χ3n) is 3.41. The fraction of sp³-hybridized carbons (Fsp3) is 0.733. The highest BCUT2D eigenvalue weighted by Crippen LogP contribution is 2.20. The smallest absolute Gasteiger partial charge is 0.245 e. The van der Waals surface area contributed by atoms with E-state index in [0.717, 1.165) is 6.42 Å². The maximum atomic E-state index is 12.5. The fourth-order valence-corrected chi connectivity index (χ4v) is 2.57. The molecule has 0 aliphatic carbocycles. The van der Waals surface area contributed by atoms with Gasteiger partial charge >= 0.3 is 0 Å². The lowest BCUT2D eigenvalue weighted by atomic mass is 9.93. The molecule has 0 spiro atoms. The Labute approximate surface area is 116 Å². The standard InChI is InChI=1S/C15H26N2O2/c1-6-7-8-17-13(11(4)5)14(18)16-12(15(17)19)9-10(2)3/h6,10-13H,1,7-9H2,2-5H3,(H,16,18). The van der Waals surface area contributed by atoms with Crippen molar-refractivity contribution in [2.75, 3.05) is 6.54 Å². The number of hydrogen-bond acceptors (Lipinski definition) is 2. The van der Waals surface area contributed by atoms with Gasteiger partial charge in [0.1, 0.15) is 12.1 Å². The molecule has 2 unspecified atom stereocenters. The molecule has 4 heteroatoms. The Hall–Kier alpha value is -1.32. The van der Waals surface area contributed by atoms with Crippen molar-refractivity contribution in [3.8, 4) is 0 Å². The second-order valence-electron chi connectivity index (χ2n) is 5.99. The summed E-state index contributed by atoms with van der Waals surface area (Å²) in [4.78, 5) is 26.5. The van der Waals surface area contributed by atoms with Crippen molar-refractivity contribution in [3.05, 3.63) is 12.7 Å². The summed E-state index contributed by atoms with van der Waals surface area (Å²) in [7, 11) is 0. The molecule has 2 amide bonds. The molecule has 0 aromatic carbocycles. The van der Waals surface area contributed by atoms with Gasteiger partial charge in [-0.1, -0.05) is 33.8 Å². The van der Waals surface area contributed by atoms with E-state index in [1.165, 1.54) is 0 Å². The van der Waals surface area contributed by atoms with E-state index in [1.54, 1.807) is 11.0 Å². The number of rotatable bonds is 6. The maximum Gasteiger partial charge on any atom is 0.245 e. The zero-order chi connectivity index (χ0) is 14.6. The van der Waals surface area contributed by atoms with E-state index >= 15 is 0 Å². The van der Waals surface area contributed by atoms with Crippen LogP contribution in [0.25, 0.3) is 0 Å². The third kappa shape index (κ3) is 3.82. The van der Waals surface area contributed by atoms with E-state index < -0.39 is 0 Å². The minimum atomic E-state index is -0.368. The molecule has 108 valence electrons. The first-order valence-corrected chi connectivity index (χ1v) is 7.10. The van der Waals surface area contributed by atoms with Crippen LogP contribution < -0.4 is 5.32 Å². The molecule has 1 fully saturated rings. The van der Waals surface area contributed by atoms with Gasteiger partial charge in [0, 0.05) is 6.54 Å². The maximum absolute atomic E-state index is 12.5. The van der Waals surface area contributed by atoms with Gasteiger partial charge in [0.15, 0.2) is 0 Å². The van der Waals surface area contributed by atoms with Gasteiger partial charge in [0.2, 0.25) is 11.8 Å². The van der Waals surface area contributed by atoms with Crippen LogP contribution in [0.3, 0.4) is 0 Å². The normalized spacial score (nSPS) is 24.0. The lowest BCUT2D eigenvalue weighted by Gasteiger charge is -2.41. The molecule has 0 aromatic rings. The number of hydrogen-bond donors (Lipinski definition) is 1. The summed E-state index contributed by atoms with van der Waals surface area (Å²) in [5, 5.41) is 2.88. The molecular weight excluding hydrogens is 240 g/mol. The minimum Gasteiger partial charge on any atom is -0.342 e. The molecule has 1 N–H and O–H groups in total. The van der Waals surface area contributed by atoms with Crippen molar-refractivity contribution in [3.63, 3.8) is 0 Å². The van der Waals surface area contributed by atoms with Crippen LogP contribution in [-0.4, -0.2) is 35.3 Å². The molecule has 0 saturated carbocycles. The van der Waals surface area contributed by atoms with Gasteiger partial charge in [0.25, 0.3) is 0 Å². The number of carbonyl (C=O) groups excluding carboxylic acids is 2. The average molecular weight is 266 g/mol. The number of carbonyl (C=O) groups is 2. The van der Waals surface area contributed by atoms with E-state index in [2.05, 4.69) is 25.7 Å². The van der Waals surface area contributed by atoms with Crippen molar-refractivity contribution in [1.82, 2.24) is 10.2 Å². The summed E-state index contributed by atoms with van der Waals surface area (Å²) < 4.78 is 0. The Morgan fingerprint density at radius 3 is 2.42 bits per heavy atom. The van der Waals surface area contributed by atoms with Crippen LogP contribution in [0.15, 0.2) is 12.7 Å². The lowest BCUT2D eigenvalue weighted by Crippen LogP contribution is -2.65. The fourth-order valence-electron chi connectivity index (χ4n) is 2.57. The van der Waals surface area contributed by atoms with Crippen molar-refractivity contribution in [2.45, 2.75) is 52.6 Å². The Kier molecular flexibility index (Phi) is 5.58. The van der Waals surface area contributed by atoms with Crippen molar-refractivity contribution in [1.29, 1.82) is 0 Å². The van der Waals surface area contributed by atoms with Gasteiger partial charge in [-0.15, -0.1) is 6.58 Å². The molecule has 0 bridgehead atoms. The van der Waals surface area contributed by atoms with Crippen LogP contribution in [-0.2, 0) is 9.59 Å². The second kappa shape index (κ2) is 6.73. The van der Waals surface area contributed by atoms with Gasteiger partial charge in [-0.25, -0.2) is 0 Å². The predicted molar refractivity (Wildman–Crippen MR) is 76.5 cm³/mol. The number of nitrogens with one attached hydrogen (secondary N) is 1. The summed E-state index contributed by atoms with van der Waals surface area (Å²) in [6, 6.07) is -0.719. The van der Waals surface area contributed by atoms with Gasteiger partial charge in [0.05, 0.1) is 0 Å². The third-order valence-corrected chi connectivity index (χ3v) is 3.41. The first-order valence-electron chi connectivity index (χ1n) is 7.10. The van der Waals surface area contributed by atoms with Crippen molar-refractivity contribution >= 4 is 11.8 Å². The van der Waals surface area contributed by atoms with Crippen LogP contribution in [0.2, 0.25) is 0 Å². The van der Waals surface area contributed by atoms with Crippen LogP contribution in [0.5, 0.6) is 0 Å². The van der Waals surface area contributed by atoms with Crippen molar-refractivity contribution in [2.24, 2.45) is 11.8 Å². The van der Waals surface area contributed by atoms with Crippen LogP contribution in [0.1, 0.15) is 40.5 Å². The first kappa shape index (κ1) is 15.7. The van der Waals surface area contributed by atoms with E-state index in [0.29, 0.717) is 18.9 Å². The predicted octanol–water partition coefficient (Wildman–Crippen LogP) is 1.96. The molecule has 2 atom stereocenters. The van der Waals surface area contributed by atoms with Crippen LogP contribution in [0.4, 0.5) is 0 Å². The van der Waals surface area contributed by atoms with Crippen LogP contribution in [0, 0.1) is 11.8 Å². The lowest BCUT2D eigenvalue weighted by molar-refractivity contribution is -0.151. The summed E-state index contributed by atoms with van der Waals surface area (Å²) in [6.45, 7) is 12.3. The number of nitrogens with zero attached hydrogens (tertiary/aromatic N) is 1. The summed E-state index contributed by atoms with van der Waals surface area (Å²) in [6.07, 6.45) is 3.20. The topological polar surface area (TPSA) is 49.4 Å². The Morgan fingerprint density at radius 2 is 1.95 bits per heavy atom. The molecule has 1 saturated heterocycles. The van der Waals surface area contributed by atoms with Gasteiger partial charge in [-0.3, -0.25) is 9.59 Å². The first-order chi connectivity index (χ1) is 8.88. The molecule has 1 aliphatic rings.